The minimum atomic E-state index is -0.189. The van der Waals surface area contributed by atoms with Gasteiger partial charge in [0.25, 0.3) is 0 Å². The molecule has 0 spiro atoms. The van der Waals surface area contributed by atoms with E-state index in [9.17, 15) is 4.79 Å². The van der Waals surface area contributed by atoms with Crippen LogP contribution < -0.4 is 20.1 Å². The summed E-state index contributed by atoms with van der Waals surface area (Å²) in [7, 11) is 3.20. The first-order chi connectivity index (χ1) is 13.7. The number of likely N-dealkylation sites (tertiary alicyclic amines) is 1. The zero-order valence-electron chi connectivity index (χ0n) is 16.7. The van der Waals surface area contributed by atoms with Crippen molar-refractivity contribution in [2.75, 3.05) is 27.3 Å². The van der Waals surface area contributed by atoms with E-state index in [0.717, 1.165) is 30.8 Å². The highest BCUT2D eigenvalue weighted by atomic mass is 16.5. The van der Waals surface area contributed by atoms with Gasteiger partial charge in [0.1, 0.15) is 0 Å². The number of ether oxygens (including phenoxy) is 2. The molecule has 28 heavy (non-hydrogen) atoms. The van der Waals surface area contributed by atoms with Gasteiger partial charge >= 0.3 is 6.03 Å². The number of carbonyl (C=O) groups excluding carboxylic acids is 1. The van der Waals surface area contributed by atoms with Gasteiger partial charge in [0, 0.05) is 19.6 Å². The third-order valence-electron chi connectivity index (χ3n) is 5.05. The molecule has 1 fully saturated rings. The molecule has 1 aliphatic heterocycles. The summed E-state index contributed by atoms with van der Waals surface area (Å²) in [5, 5.41) is 5.85. The van der Waals surface area contributed by atoms with E-state index in [1.54, 1.807) is 14.2 Å². The summed E-state index contributed by atoms with van der Waals surface area (Å²) in [5.74, 6) is 1.32. The second-order valence-electron chi connectivity index (χ2n) is 6.98. The first-order valence-electron chi connectivity index (χ1n) is 9.71. The quantitative estimate of drug-likeness (QED) is 0.734. The molecule has 2 aromatic rings. The van der Waals surface area contributed by atoms with Crippen molar-refractivity contribution in [3.8, 4) is 11.5 Å². The molecule has 2 N–H and O–H groups in total. The van der Waals surface area contributed by atoms with Crippen LogP contribution in [0.4, 0.5) is 4.79 Å². The largest absolute Gasteiger partial charge is 0.493 e. The summed E-state index contributed by atoms with van der Waals surface area (Å²) >= 11 is 0. The molecule has 2 aromatic carbocycles. The SMILES string of the molecule is COc1ccc(CNC(=O)NCc2ccccc2CN2CCCC2)cc1OC. The molecule has 2 amide bonds. The highest BCUT2D eigenvalue weighted by molar-refractivity contribution is 5.73. The van der Waals surface area contributed by atoms with Crippen LogP contribution in [0.15, 0.2) is 42.5 Å². The van der Waals surface area contributed by atoms with Crippen LogP contribution >= 0.6 is 0 Å². The Labute approximate surface area is 166 Å². The average molecular weight is 383 g/mol. The lowest BCUT2D eigenvalue weighted by Crippen LogP contribution is -2.35. The summed E-state index contributed by atoms with van der Waals surface area (Å²) in [5.41, 5.74) is 3.39. The van der Waals surface area contributed by atoms with E-state index in [2.05, 4.69) is 33.7 Å². The molecule has 0 aromatic heterocycles. The second-order valence-corrected chi connectivity index (χ2v) is 6.98. The Hall–Kier alpha value is -2.73. The number of nitrogens with one attached hydrogen (secondary N) is 2. The van der Waals surface area contributed by atoms with Crippen LogP contribution in [-0.2, 0) is 19.6 Å². The Morgan fingerprint density at radius 2 is 1.61 bits per heavy atom. The van der Waals surface area contributed by atoms with Crippen molar-refractivity contribution >= 4 is 6.03 Å². The summed E-state index contributed by atoms with van der Waals surface area (Å²) in [4.78, 5) is 14.7. The zero-order valence-corrected chi connectivity index (χ0v) is 16.7. The minimum absolute atomic E-state index is 0.189. The highest BCUT2D eigenvalue weighted by Gasteiger charge is 2.14. The molecule has 0 saturated carbocycles. The van der Waals surface area contributed by atoms with Crippen molar-refractivity contribution in [1.82, 2.24) is 15.5 Å². The van der Waals surface area contributed by atoms with Gasteiger partial charge in [-0.2, -0.15) is 0 Å². The van der Waals surface area contributed by atoms with Crippen LogP contribution in [-0.4, -0.2) is 38.2 Å². The van der Waals surface area contributed by atoms with Crippen molar-refractivity contribution in [3.05, 3.63) is 59.2 Å². The van der Waals surface area contributed by atoms with Crippen LogP contribution in [0.3, 0.4) is 0 Å². The van der Waals surface area contributed by atoms with Gasteiger partial charge in [-0.3, -0.25) is 4.90 Å². The fraction of sp³-hybridized carbons (Fsp3) is 0.409. The number of carbonyl (C=O) groups is 1. The van der Waals surface area contributed by atoms with Crippen LogP contribution in [0.5, 0.6) is 11.5 Å². The Kier molecular flexibility index (Phi) is 7.14. The highest BCUT2D eigenvalue weighted by Crippen LogP contribution is 2.27. The maximum Gasteiger partial charge on any atom is 0.315 e. The molecule has 3 rings (SSSR count). The molecule has 1 aliphatic rings. The standard InChI is InChI=1S/C22H29N3O3/c1-27-20-10-9-17(13-21(20)28-2)14-23-22(26)24-15-18-7-3-4-8-19(18)16-25-11-5-6-12-25/h3-4,7-10,13H,5-6,11-12,14-16H2,1-2H3,(H2,23,24,26). The van der Waals surface area contributed by atoms with Gasteiger partial charge in [-0.1, -0.05) is 30.3 Å². The summed E-state index contributed by atoms with van der Waals surface area (Å²) in [6.45, 7) is 4.20. The summed E-state index contributed by atoms with van der Waals surface area (Å²) < 4.78 is 10.5. The van der Waals surface area contributed by atoms with Gasteiger partial charge in [0.05, 0.1) is 14.2 Å². The van der Waals surface area contributed by atoms with Gasteiger partial charge in [0.2, 0.25) is 0 Å². The number of hydrogen-bond acceptors (Lipinski definition) is 4. The lowest BCUT2D eigenvalue weighted by Gasteiger charge is -2.18. The number of amides is 2. The molecule has 150 valence electrons. The van der Waals surface area contributed by atoms with E-state index in [1.165, 1.54) is 18.4 Å². The molecular weight excluding hydrogens is 354 g/mol. The molecule has 6 nitrogen and oxygen atoms in total. The average Bonchev–Trinajstić information content (AvgIpc) is 3.24. The number of hydrogen-bond donors (Lipinski definition) is 2. The monoisotopic (exact) mass is 383 g/mol. The minimum Gasteiger partial charge on any atom is -0.493 e. The lowest BCUT2D eigenvalue weighted by molar-refractivity contribution is 0.240. The Balaban J connectivity index is 1.51. The van der Waals surface area contributed by atoms with E-state index in [-0.39, 0.29) is 6.03 Å². The third-order valence-corrected chi connectivity index (χ3v) is 5.05. The van der Waals surface area contributed by atoms with E-state index >= 15 is 0 Å². The molecule has 6 heteroatoms. The maximum atomic E-state index is 12.2. The number of benzene rings is 2. The Morgan fingerprint density at radius 1 is 0.929 bits per heavy atom. The zero-order chi connectivity index (χ0) is 19.8. The molecule has 0 atom stereocenters. The Bertz CT molecular complexity index is 788. The van der Waals surface area contributed by atoms with Crippen molar-refractivity contribution in [1.29, 1.82) is 0 Å². The number of urea groups is 1. The molecule has 0 radical (unpaired) electrons. The molecule has 1 saturated heterocycles. The molecule has 0 aliphatic carbocycles. The van der Waals surface area contributed by atoms with Crippen LogP contribution in [0.25, 0.3) is 0 Å². The van der Waals surface area contributed by atoms with E-state index in [4.69, 9.17) is 9.47 Å². The van der Waals surface area contributed by atoms with Crippen molar-refractivity contribution in [2.45, 2.75) is 32.5 Å². The van der Waals surface area contributed by atoms with Crippen molar-refractivity contribution < 1.29 is 14.3 Å². The van der Waals surface area contributed by atoms with Gasteiger partial charge in [-0.25, -0.2) is 4.79 Å². The van der Waals surface area contributed by atoms with Gasteiger partial charge in [0.15, 0.2) is 11.5 Å². The van der Waals surface area contributed by atoms with Gasteiger partial charge in [-0.05, 0) is 54.8 Å². The Morgan fingerprint density at radius 3 is 2.32 bits per heavy atom. The molecular formula is C22H29N3O3. The number of rotatable bonds is 8. The van der Waals surface area contributed by atoms with E-state index in [0.29, 0.717) is 24.6 Å². The fourth-order valence-corrected chi connectivity index (χ4v) is 3.48. The predicted molar refractivity (Wildman–Crippen MR) is 110 cm³/mol. The smallest absolute Gasteiger partial charge is 0.315 e. The predicted octanol–water partition coefficient (Wildman–Crippen LogP) is 3.30. The van der Waals surface area contributed by atoms with Gasteiger partial charge < -0.3 is 20.1 Å². The van der Waals surface area contributed by atoms with E-state index in [1.807, 2.05) is 24.3 Å². The van der Waals surface area contributed by atoms with Crippen LogP contribution in [0, 0.1) is 0 Å². The fourth-order valence-electron chi connectivity index (χ4n) is 3.48. The van der Waals surface area contributed by atoms with Crippen molar-refractivity contribution in [2.24, 2.45) is 0 Å². The number of methoxy groups -OCH3 is 2. The second kappa shape index (κ2) is 9.99. The van der Waals surface area contributed by atoms with Crippen molar-refractivity contribution in [3.63, 3.8) is 0 Å². The maximum absolute atomic E-state index is 12.2. The molecule has 1 heterocycles. The topological polar surface area (TPSA) is 62.8 Å². The van der Waals surface area contributed by atoms with Crippen LogP contribution in [0.1, 0.15) is 29.5 Å². The first kappa shape index (κ1) is 20.0. The molecule has 0 bridgehead atoms. The first-order valence-corrected chi connectivity index (χ1v) is 9.71. The summed E-state index contributed by atoms with van der Waals surface area (Å²) in [6.07, 6.45) is 2.55. The normalized spacial score (nSPS) is 13.9. The molecule has 0 unspecified atom stereocenters. The van der Waals surface area contributed by atoms with Gasteiger partial charge in [-0.15, -0.1) is 0 Å². The number of nitrogens with zero attached hydrogens (tertiary/aromatic N) is 1. The third kappa shape index (κ3) is 5.39. The lowest BCUT2D eigenvalue weighted by atomic mass is 10.1. The van der Waals surface area contributed by atoms with E-state index < -0.39 is 0 Å². The van der Waals surface area contributed by atoms with Crippen LogP contribution in [0.2, 0.25) is 0 Å². The summed E-state index contributed by atoms with van der Waals surface area (Å²) in [6, 6.07) is 13.7.